The van der Waals surface area contributed by atoms with Crippen LogP contribution in [-0.4, -0.2) is 39.2 Å². The lowest BCUT2D eigenvalue weighted by atomic mass is 10.0. The third kappa shape index (κ3) is 3.27. The fourth-order valence-electron chi connectivity index (χ4n) is 1.49. The van der Waals surface area contributed by atoms with Gasteiger partial charge in [-0.15, -0.1) is 0 Å². The molecule has 0 saturated carbocycles. The van der Waals surface area contributed by atoms with Crippen molar-refractivity contribution < 1.29 is 10.0 Å². The Labute approximate surface area is 105 Å². The highest BCUT2D eigenvalue weighted by Crippen LogP contribution is 2.30. The lowest BCUT2D eigenvalue weighted by molar-refractivity contribution is -0.383. The van der Waals surface area contributed by atoms with Gasteiger partial charge >= 0.3 is 5.69 Å². The second kappa shape index (κ2) is 5.58. The molecule has 0 aliphatic heterocycles. The van der Waals surface area contributed by atoms with Crippen molar-refractivity contribution in [2.24, 2.45) is 0 Å². The van der Waals surface area contributed by atoms with E-state index < -0.39 is 10.5 Å². The zero-order valence-electron chi connectivity index (χ0n) is 10.6. The van der Waals surface area contributed by atoms with Gasteiger partial charge < -0.3 is 15.7 Å². The van der Waals surface area contributed by atoms with Gasteiger partial charge in [-0.25, -0.2) is 9.97 Å². The fraction of sp³-hybridized carbons (Fsp3) is 0.600. The molecule has 0 saturated heterocycles. The highest BCUT2D eigenvalue weighted by molar-refractivity contribution is 5.69. The topological polar surface area (TPSA) is 113 Å². The van der Waals surface area contributed by atoms with Gasteiger partial charge in [-0.1, -0.05) is 0 Å². The van der Waals surface area contributed by atoms with E-state index in [0.29, 0.717) is 6.42 Å². The molecule has 8 nitrogen and oxygen atoms in total. The van der Waals surface area contributed by atoms with Crippen LogP contribution in [0, 0.1) is 10.1 Å². The van der Waals surface area contributed by atoms with Crippen LogP contribution in [0.1, 0.15) is 20.3 Å². The Morgan fingerprint density at radius 3 is 2.56 bits per heavy atom. The summed E-state index contributed by atoms with van der Waals surface area (Å²) in [5, 5.41) is 25.6. The van der Waals surface area contributed by atoms with Gasteiger partial charge in [0.2, 0.25) is 11.6 Å². The summed E-state index contributed by atoms with van der Waals surface area (Å²) in [7, 11) is 1.55. The van der Waals surface area contributed by atoms with E-state index in [1.165, 1.54) is 6.33 Å². The van der Waals surface area contributed by atoms with Crippen molar-refractivity contribution in [2.75, 3.05) is 24.3 Å². The summed E-state index contributed by atoms with van der Waals surface area (Å²) in [4.78, 5) is 18.2. The Bertz CT molecular complexity index is 436. The second-order valence-electron chi connectivity index (χ2n) is 4.41. The van der Waals surface area contributed by atoms with Gasteiger partial charge in [0.05, 0.1) is 4.92 Å². The monoisotopic (exact) mass is 255 g/mol. The van der Waals surface area contributed by atoms with Crippen molar-refractivity contribution in [2.45, 2.75) is 25.8 Å². The van der Waals surface area contributed by atoms with E-state index in [-0.39, 0.29) is 23.9 Å². The molecular weight excluding hydrogens is 238 g/mol. The minimum atomic E-state index is -0.538. The van der Waals surface area contributed by atoms with Gasteiger partial charge in [-0.2, -0.15) is 0 Å². The molecule has 100 valence electrons. The first kappa shape index (κ1) is 14.1. The summed E-state index contributed by atoms with van der Waals surface area (Å²) in [5.74, 6) is 0.287. The first-order chi connectivity index (χ1) is 8.41. The van der Waals surface area contributed by atoms with Crippen molar-refractivity contribution >= 4 is 17.3 Å². The van der Waals surface area contributed by atoms with Crippen molar-refractivity contribution in [1.29, 1.82) is 0 Å². The van der Waals surface area contributed by atoms with Crippen LogP contribution in [0.15, 0.2) is 6.33 Å². The van der Waals surface area contributed by atoms with E-state index in [9.17, 15) is 10.1 Å². The molecule has 1 aromatic heterocycles. The number of aliphatic hydroxyl groups excluding tert-OH is 1. The highest BCUT2D eigenvalue weighted by Gasteiger charge is 2.26. The van der Waals surface area contributed by atoms with Crippen molar-refractivity contribution in [3.05, 3.63) is 16.4 Å². The smallest absolute Gasteiger partial charge is 0.353 e. The first-order valence-electron chi connectivity index (χ1n) is 5.47. The van der Waals surface area contributed by atoms with E-state index in [2.05, 4.69) is 20.6 Å². The fourth-order valence-corrected chi connectivity index (χ4v) is 1.49. The summed E-state index contributed by atoms with van der Waals surface area (Å²) in [5.41, 5.74) is -0.704. The Kier molecular flexibility index (Phi) is 4.38. The third-order valence-corrected chi connectivity index (χ3v) is 2.44. The number of aromatic nitrogens is 2. The molecule has 0 aliphatic rings. The normalized spacial score (nSPS) is 11.1. The molecule has 1 aromatic rings. The van der Waals surface area contributed by atoms with Crippen molar-refractivity contribution in [3.8, 4) is 0 Å². The molecule has 0 amide bonds. The molecule has 0 unspecified atom stereocenters. The van der Waals surface area contributed by atoms with Crippen molar-refractivity contribution in [3.63, 3.8) is 0 Å². The number of nitrogens with zero attached hydrogens (tertiary/aromatic N) is 3. The lowest BCUT2D eigenvalue weighted by Crippen LogP contribution is -2.32. The quantitative estimate of drug-likeness (QED) is 0.513. The number of nitrogens with one attached hydrogen (secondary N) is 2. The second-order valence-corrected chi connectivity index (χ2v) is 4.41. The molecule has 0 atom stereocenters. The molecule has 0 bridgehead atoms. The van der Waals surface area contributed by atoms with Gasteiger partial charge in [-0.3, -0.25) is 10.1 Å². The molecule has 1 rings (SSSR count). The lowest BCUT2D eigenvalue weighted by Gasteiger charge is -2.25. The van der Waals surface area contributed by atoms with Crippen LogP contribution < -0.4 is 10.6 Å². The number of anilines is 2. The Hall–Kier alpha value is -1.96. The van der Waals surface area contributed by atoms with E-state index in [1.807, 2.05) is 13.8 Å². The summed E-state index contributed by atoms with van der Waals surface area (Å²) in [6, 6.07) is 0. The molecule has 0 aliphatic carbocycles. The van der Waals surface area contributed by atoms with Crippen molar-refractivity contribution in [1.82, 2.24) is 9.97 Å². The Morgan fingerprint density at radius 1 is 1.44 bits per heavy atom. The molecule has 3 N–H and O–H groups in total. The highest BCUT2D eigenvalue weighted by atomic mass is 16.6. The minimum absolute atomic E-state index is 0.0161. The first-order valence-corrected chi connectivity index (χ1v) is 5.47. The molecule has 8 heteroatoms. The maximum absolute atomic E-state index is 11.0. The molecule has 0 aromatic carbocycles. The third-order valence-electron chi connectivity index (χ3n) is 2.44. The summed E-state index contributed by atoms with van der Waals surface area (Å²) >= 11 is 0. The van der Waals surface area contributed by atoms with Gasteiger partial charge in [0, 0.05) is 19.2 Å². The largest absolute Gasteiger partial charge is 0.396 e. The average molecular weight is 255 g/mol. The molecule has 0 spiro atoms. The van der Waals surface area contributed by atoms with E-state index >= 15 is 0 Å². The standard InChI is InChI=1S/C10H17N5O3/c1-10(2,4-5-16)14-9-7(15(17)18)8(11-3)12-6-13-9/h6,16H,4-5H2,1-3H3,(H2,11,12,13,14). The summed E-state index contributed by atoms with van der Waals surface area (Å²) < 4.78 is 0. The van der Waals surface area contributed by atoms with Crippen LogP contribution in [0.2, 0.25) is 0 Å². The van der Waals surface area contributed by atoms with Crippen LogP contribution in [-0.2, 0) is 0 Å². The zero-order chi connectivity index (χ0) is 13.8. The SMILES string of the molecule is CNc1ncnc(NC(C)(C)CCO)c1[N+](=O)[O-]. The predicted molar refractivity (Wildman–Crippen MR) is 67.6 cm³/mol. The number of aliphatic hydroxyl groups is 1. The molecule has 0 radical (unpaired) electrons. The number of nitro groups is 1. The maximum Gasteiger partial charge on any atom is 0.353 e. The molecular formula is C10H17N5O3. The molecule has 1 heterocycles. The van der Waals surface area contributed by atoms with Crippen LogP contribution in [0.25, 0.3) is 0 Å². The van der Waals surface area contributed by atoms with Crippen LogP contribution >= 0.6 is 0 Å². The minimum Gasteiger partial charge on any atom is -0.396 e. The molecule has 18 heavy (non-hydrogen) atoms. The van der Waals surface area contributed by atoms with Gasteiger partial charge in [0.25, 0.3) is 0 Å². The van der Waals surface area contributed by atoms with Gasteiger partial charge in [0.1, 0.15) is 6.33 Å². The van der Waals surface area contributed by atoms with E-state index in [4.69, 9.17) is 5.11 Å². The van der Waals surface area contributed by atoms with Gasteiger partial charge in [0.15, 0.2) is 0 Å². The number of hydrogen-bond acceptors (Lipinski definition) is 7. The summed E-state index contributed by atoms with van der Waals surface area (Å²) in [6.45, 7) is 3.64. The van der Waals surface area contributed by atoms with Crippen LogP contribution in [0.4, 0.5) is 17.3 Å². The van der Waals surface area contributed by atoms with E-state index in [1.54, 1.807) is 7.05 Å². The number of hydrogen-bond donors (Lipinski definition) is 3. The average Bonchev–Trinajstić information content (AvgIpc) is 2.27. The summed E-state index contributed by atoms with van der Waals surface area (Å²) in [6.07, 6.45) is 1.69. The Balaban J connectivity index is 3.12. The Morgan fingerprint density at radius 2 is 2.06 bits per heavy atom. The van der Waals surface area contributed by atoms with Gasteiger partial charge in [-0.05, 0) is 20.3 Å². The zero-order valence-corrected chi connectivity index (χ0v) is 10.6. The predicted octanol–water partition coefficient (Wildman–Crippen LogP) is 0.999. The maximum atomic E-state index is 11.0. The van der Waals surface area contributed by atoms with Crippen LogP contribution in [0.3, 0.4) is 0 Å². The van der Waals surface area contributed by atoms with Crippen LogP contribution in [0.5, 0.6) is 0 Å². The molecule has 0 fully saturated rings. The number of rotatable bonds is 6. The van der Waals surface area contributed by atoms with E-state index in [0.717, 1.165) is 0 Å².